The van der Waals surface area contributed by atoms with Gasteiger partial charge in [0.05, 0.1) is 11.5 Å². The van der Waals surface area contributed by atoms with Crippen LogP contribution in [-0.4, -0.2) is 48.6 Å². The minimum absolute atomic E-state index is 0.146. The molecule has 0 amide bonds. The number of aliphatic carboxylic acids is 2. The van der Waals surface area contributed by atoms with Gasteiger partial charge in [-0.3, -0.25) is 9.59 Å². The number of rotatable bonds is 6. The van der Waals surface area contributed by atoms with E-state index < -0.39 is 11.9 Å². The maximum Gasteiger partial charge on any atom is 0.313 e. The SMILES string of the molecule is O=C(O)CSc1ncnc(SCC(=O)O)n1. The molecule has 1 heterocycles. The van der Waals surface area contributed by atoms with E-state index in [0.29, 0.717) is 0 Å². The number of carboxylic acids is 2. The topological polar surface area (TPSA) is 113 Å². The normalized spacial score (nSPS) is 10.0. The maximum atomic E-state index is 10.3. The van der Waals surface area contributed by atoms with Crippen LogP contribution in [-0.2, 0) is 9.59 Å². The Balaban J connectivity index is 2.56. The lowest BCUT2D eigenvalue weighted by atomic mass is 10.8. The smallest absolute Gasteiger partial charge is 0.313 e. The first kappa shape index (κ1) is 12.7. The van der Waals surface area contributed by atoms with Crippen molar-refractivity contribution >= 4 is 35.5 Å². The molecule has 0 saturated carbocycles. The van der Waals surface area contributed by atoms with E-state index in [1.165, 1.54) is 6.33 Å². The fraction of sp³-hybridized carbons (Fsp3) is 0.286. The molecule has 1 rings (SSSR count). The summed E-state index contributed by atoms with van der Waals surface area (Å²) in [5.41, 5.74) is 0. The average Bonchev–Trinajstić information content (AvgIpc) is 2.24. The van der Waals surface area contributed by atoms with E-state index in [-0.39, 0.29) is 21.8 Å². The number of carbonyl (C=O) groups is 2. The average molecular weight is 261 g/mol. The Bertz CT molecular complexity index is 368. The van der Waals surface area contributed by atoms with Gasteiger partial charge in [-0.1, -0.05) is 23.5 Å². The van der Waals surface area contributed by atoms with Crippen LogP contribution in [0.5, 0.6) is 0 Å². The summed E-state index contributed by atoms with van der Waals surface area (Å²) in [5.74, 6) is -2.23. The zero-order valence-electron chi connectivity index (χ0n) is 7.86. The van der Waals surface area contributed by atoms with Gasteiger partial charge in [0.25, 0.3) is 0 Å². The van der Waals surface area contributed by atoms with E-state index in [9.17, 15) is 9.59 Å². The second-order valence-corrected chi connectivity index (χ2v) is 4.30. The summed E-state index contributed by atoms with van der Waals surface area (Å²) in [6.45, 7) is 0. The summed E-state index contributed by atoms with van der Waals surface area (Å²) in [6, 6.07) is 0. The predicted octanol–water partition coefficient (Wildman–Crippen LogP) is 0.225. The van der Waals surface area contributed by atoms with E-state index in [0.717, 1.165) is 23.5 Å². The molecule has 0 atom stereocenters. The molecular formula is C7H7N3O4S2. The molecule has 2 N–H and O–H groups in total. The molecule has 86 valence electrons. The van der Waals surface area contributed by atoms with Crippen molar-refractivity contribution in [2.45, 2.75) is 10.3 Å². The monoisotopic (exact) mass is 261 g/mol. The lowest BCUT2D eigenvalue weighted by Gasteiger charge is -1.99. The second kappa shape index (κ2) is 6.28. The van der Waals surface area contributed by atoms with Crippen LogP contribution in [0.25, 0.3) is 0 Å². The van der Waals surface area contributed by atoms with Crippen LogP contribution in [0.1, 0.15) is 0 Å². The fourth-order valence-corrected chi connectivity index (χ4v) is 1.77. The first-order valence-electron chi connectivity index (χ1n) is 3.96. The van der Waals surface area contributed by atoms with Crippen LogP contribution in [0.15, 0.2) is 16.6 Å². The van der Waals surface area contributed by atoms with Gasteiger partial charge in [-0.2, -0.15) is 4.98 Å². The van der Waals surface area contributed by atoms with E-state index >= 15 is 0 Å². The first-order valence-corrected chi connectivity index (χ1v) is 5.93. The summed E-state index contributed by atoms with van der Waals surface area (Å²) >= 11 is 1.91. The predicted molar refractivity (Wildman–Crippen MR) is 56.5 cm³/mol. The van der Waals surface area contributed by atoms with Crippen molar-refractivity contribution in [3.8, 4) is 0 Å². The molecule has 0 aliphatic rings. The Hall–Kier alpha value is -1.35. The standard InChI is InChI=1S/C7H7N3O4S2/c11-4(12)1-15-6-8-3-9-7(10-6)16-2-5(13)14/h3H,1-2H2,(H,11,12)(H,13,14). The first-order chi connectivity index (χ1) is 7.58. The molecule has 0 radical (unpaired) electrons. The third kappa shape index (κ3) is 4.94. The van der Waals surface area contributed by atoms with Gasteiger partial charge in [-0.15, -0.1) is 0 Å². The lowest BCUT2D eigenvalue weighted by Crippen LogP contribution is -2.02. The highest BCUT2D eigenvalue weighted by Crippen LogP contribution is 2.16. The molecule has 0 unspecified atom stereocenters. The number of nitrogens with zero attached hydrogens (tertiary/aromatic N) is 3. The van der Waals surface area contributed by atoms with Gasteiger partial charge < -0.3 is 10.2 Å². The third-order valence-corrected chi connectivity index (χ3v) is 2.87. The second-order valence-electron chi connectivity index (χ2n) is 2.42. The highest BCUT2D eigenvalue weighted by atomic mass is 32.2. The fourth-order valence-electron chi connectivity index (χ4n) is 0.659. The maximum absolute atomic E-state index is 10.3. The number of carboxylic acid groups (broad SMARTS) is 2. The molecule has 0 aliphatic heterocycles. The van der Waals surface area contributed by atoms with Crippen LogP contribution < -0.4 is 0 Å². The minimum Gasteiger partial charge on any atom is -0.481 e. The van der Waals surface area contributed by atoms with E-state index in [4.69, 9.17) is 10.2 Å². The Morgan fingerprint density at radius 3 is 1.88 bits per heavy atom. The number of hydrogen-bond acceptors (Lipinski definition) is 7. The van der Waals surface area contributed by atoms with Crippen LogP contribution >= 0.6 is 23.5 Å². The molecule has 1 aromatic rings. The third-order valence-electron chi connectivity index (χ3n) is 1.18. The molecule has 7 nitrogen and oxygen atoms in total. The van der Waals surface area contributed by atoms with Gasteiger partial charge in [0, 0.05) is 0 Å². The van der Waals surface area contributed by atoms with Gasteiger partial charge >= 0.3 is 11.9 Å². The molecule has 0 saturated heterocycles. The van der Waals surface area contributed by atoms with Crippen molar-refractivity contribution in [1.29, 1.82) is 0 Å². The number of aromatic nitrogens is 3. The van der Waals surface area contributed by atoms with E-state index in [1.807, 2.05) is 0 Å². The largest absolute Gasteiger partial charge is 0.481 e. The summed E-state index contributed by atoms with van der Waals surface area (Å²) < 4.78 is 0. The summed E-state index contributed by atoms with van der Waals surface area (Å²) in [4.78, 5) is 32.0. The zero-order chi connectivity index (χ0) is 12.0. The Labute approximate surface area is 98.7 Å². The summed E-state index contributed by atoms with van der Waals surface area (Å²) in [7, 11) is 0. The van der Waals surface area contributed by atoms with Crippen molar-refractivity contribution in [3.05, 3.63) is 6.33 Å². The van der Waals surface area contributed by atoms with Crippen molar-refractivity contribution < 1.29 is 19.8 Å². The van der Waals surface area contributed by atoms with Gasteiger partial charge in [0.15, 0.2) is 10.3 Å². The Morgan fingerprint density at radius 2 is 1.50 bits per heavy atom. The molecule has 1 aromatic heterocycles. The van der Waals surface area contributed by atoms with Crippen molar-refractivity contribution in [2.75, 3.05) is 11.5 Å². The molecule has 0 bridgehead atoms. The van der Waals surface area contributed by atoms with E-state index in [2.05, 4.69) is 15.0 Å². The van der Waals surface area contributed by atoms with Crippen molar-refractivity contribution in [1.82, 2.24) is 15.0 Å². The highest BCUT2D eigenvalue weighted by molar-refractivity contribution is 8.00. The lowest BCUT2D eigenvalue weighted by molar-refractivity contribution is -0.134. The molecule has 9 heteroatoms. The van der Waals surface area contributed by atoms with Crippen molar-refractivity contribution in [3.63, 3.8) is 0 Å². The van der Waals surface area contributed by atoms with Crippen molar-refractivity contribution in [2.24, 2.45) is 0 Å². The number of hydrogen-bond donors (Lipinski definition) is 2. The van der Waals surface area contributed by atoms with Crippen LogP contribution in [0, 0.1) is 0 Å². The van der Waals surface area contributed by atoms with Gasteiger partial charge in [-0.25, -0.2) is 9.97 Å². The quantitative estimate of drug-likeness (QED) is 0.694. The van der Waals surface area contributed by atoms with Crippen LogP contribution in [0.4, 0.5) is 0 Å². The number of thioether (sulfide) groups is 2. The van der Waals surface area contributed by atoms with Gasteiger partial charge in [0.2, 0.25) is 0 Å². The van der Waals surface area contributed by atoms with Gasteiger partial charge in [-0.05, 0) is 0 Å². The minimum atomic E-state index is -0.967. The highest BCUT2D eigenvalue weighted by Gasteiger charge is 2.06. The molecule has 0 aliphatic carbocycles. The van der Waals surface area contributed by atoms with Crippen LogP contribution in [0.3, 0.4) is 0 Å². The zero-order valence-corrected chi connectivity index (χ0v) is 9.49. The molecule has 0 fully saturated rings. The van der Waals surface area contributed by atoms with Gasteiger partial charge in [0.1, 0.15) is 6.33 Å². The van der Waals surface area contributed by atoms with Crippen LogP contribution in [0.2, 0.25) is 0 Å². The molecular weight excluding hydrogens is 254 g/mol. The summed E-state index contributed by atoms with van der Waals surface area (Å²) in [6.07, 6.45) is 1.22. The molecule has 0 spiro atoms. The Kier molecular flexibility index (Phi) is 4.99. The molecule has 0 aromatic carbocycles. The van der Waals surface area contributed by atoms with E-state index in [1.54, 1.807) is 0 Å². The molecule has 16 heavy (non-hydrogen) atoms. The summed E-state index contributed by atoms with van der Waals surface area (Å²) in [5, 5.41) is 17.4. The Morgan fingerprint density at radius 1 is 1.06 bits per heavy atom.